The smallest absolute Gasteiger partial charge is 0.238 e. The van der Waals surface area contributed by atoms with Gasteiger partial charge in [-0.05, 0) is 31.9 Å². The van der Waals surface area contributed by atoms with E-state index in [-0.39, 0.29) is 11.9 Å². The molecular formula is C21H30N4O2. The highest BCUT2D eigenvalue weighted by atomic mass is 16.5. The molecule has 1 atom stereocenters. The van der Waals surface area contributed by atoms with E-state index in [2.05, 4.69) is 27.3 Å². The number of carbonyl (C=O) groups is 1. The molecule has 2 aliphatic rings. The molecule has 27 heavy (non-hydrogen) atoms. The van der Waals surface area contributed by atoms with Gasteiger partial charge in [0.05, 0.1) is 19.2 Å². The number of piperazine rings is 1. The molecule has 0 radical (unpaired) electrons. The molecule has 1 saturated heterocycles. The van der Waals surface area contributed by atoms with E-state index in [4.69, 9.17) is 4.74 Å². The lowest BCUT2D eigenvalue weighted by Crippen LogP contribution is -2.58. The van der Waals surface area contributed by atoms with Crippen LogP contribution in [0.15, 0.2) is 24.3 Å². The molecule has 1 saturated carbocycles. The highest BCUT2D eigenvalue weighted by Crippen LogP contribution is 2.28. The van der Waals surface area contributed by atoms with Crippen molar-refractivity contribution in [2.75, 3.05) is 38.2 Å². The highest BCUT2D eigenvalue weighted by molar-refractivity contribution is 5.82. The molecular weight excluding hydrogens is 340 g/mol. The van der Waals surface area contributed by atoms with Crippen LogP contribution in [0, 0.1) is 11.3 Å². The molecule has 0 bridgehead atoms. The molecule has 1 aromatic carbocycles. The Morgan fingerprint density at radius 2 is 1.93 bits per heavy atom. The van der Waals surface area contributed by atoms with Crippen LogP contribution in [0.2, 0.25) is 0 Å². The van der Waals surface area contributed by atoms with E-state index in [9.17, 15) is 10.1 Å². The van der Waals surface area contributed by atoms with Crippen LogP contribution in [-0.4, -0.2) is 55.7 Å². The number of methoxy groups -OCH3 is 1. The SMILES string of the molecule is COc1cccc(N2CCN(C(C)C(=O)NC3(C#N)CCCCC3)CC2)c1. The summed E-state index contributed by atoms with van der Waals surface area (Å²) in [6.45, 7) is 5.34. The van der Waals surface area contributed by atoms with Crippen molar-refractivity contribution < 1.29 is 9.53 Å². The van der Waals surface area contributed by atoms with E-state index >= 15 is 0 Å². The number of nitrogens with one attached hydrogen (secondary N) is 1. The van der Waals surface area contributed by atoms with Gasteiger partial charge in [0, 0.05) is 37.9 Å². The molecule has 1 unspecified atom stereocenters. The first-order valence-electron chi connectivity index (χ1n) is 9.93. The first-order chi connectivity index (χ1) is 13.1. The largest absolute Gasteiger partial charge is 0.497 e. The van der Waals surface area contributed by atoms with E-state index in [0.717, 1.165) is 69.7 Å². The van der Waals surface area contributed by atoms with Crippen LogP contribution in [0.5, 0.6) is 5.75 Å². The summed E-state index contributed by atoms with van der Waals surface area (Å²) in [7, 11) is 1.68. The maximum atomic E-state index is 12.8. The minimum absolute atomic E-state index is 0.0201. The summed E-state index contributed by atoms with van der Waals surface area (Å²) in [4.78, 5) is 17.3. The molecule has 3 rings (SSSR count). The fourth-order valence-electron chi connectivity index (χ4n) is 4.10. The summed E-state index contributed by atoms with van der Waals surface area (Å²) in [6, 6.07) is 10.2. The second-order valence-electron chi connectivity index (χ2n) is 7.64. The normalized spacial score (nSPS) is 21.1. The fourth-order valence-corrected chi connectivity index (χ4v) is 4.10. The molecule has 2 fully saturated rings. The third kappa shape index (κ3) is 4.54. The third-order valence-corrected chi connectivity index (χ3v) is 5.94. The van der Waals surface area contributed by atoms with Crippen LogP contribution in [0.3, 0.4) is 0 Å². The Morgan fingerprint density at radius 3 is 2.56 bits per heavy atom. The first-order valence-corrected chi connectivity index (χ1v) is 9.93. The predicted octanol–water partition coefficient (Wildman–Crippen LogP) is 2.55. The highest BCUT2D eigenvalue weighted by Gasteiger charge is 2.36. The van der Waals surface area contributed by atoms with Crippen LogP contribution in [0.1, 0.15) is 39.0 Å². The lowest BCUT2D eigenvalue weighted by atomic mass is 9.82. The number of nitriles is 1. The van der Waals surface area contributed by atoms with Gasteiger partial charge in [0.2, 0.25) is 5.91 Å². The van der Waals surface area contributed by atoms with Crippen molar-refractivity contribution >= 4 is 11.6 Å². The average molecular weight is 370 g/mol. The Balaban J connectivity index is 1.55. The molecule has 6 nitrogen and oxygen atoms in total. The van der Waals surface area contributed by atoms with Crippen LogP contribution in [0.25, 0.3) is 0 Å². The van der Waals surface area contributed by atoms with Gasteiger partial charge in [0.25, 0.3) is 0 Å². The number of hydrogen-bond donors (Lipinski definition) is 1. The average Bonchev–Trinajstić information content (AvgIpc) is 2.74. The van der Waals surface area contributed by atoms with Crippen LogP contribution in [-0.2, 0) is 4.79 Å². The zero-order chi connectivity index (χ0) is 19.3. The molecule has 0 aromatic heterocycles. The van der Waals surface area contributed by atoms with Crippen molar-refractivity contribution in [3.63, 3.8) is 0 Å². The van der Waals surface area contributed by atoms with E-state index in [0.29, 0.717) is 0 Å². The summed E-state index contributed by atoms with van der Waals surface area (Å²) < 4.78 is 5.31. The van der Waals surface area contributed by atoms with Gasteiger partial charge < -0.3 is 15.0 Å². The van der Waals surface area contributed by atoms with Gasteiger partial charge in [-0.3, -0.25) is 9.69 Å². The minimum atomic E-state index is -0.661. The Labute approximate surface area is 162 Å². The van der Waals surface area contributed by atoms with Gasteiger partial charge >= 0.3 is 0 Å². The number of carbonyl (C=O) groups excluding carboxylic acids is 1. The van der Waals surface area contributed by atoms with Gasteiger partial charge in [-0.2, -0.15) is 5.26 Å². The quantitative estimate of drug-likeness (QED) is 0.863. The molecule has 1 aliphatic carbocycles. The van der Waals surface area contributed by atoms with E-state index in [1.54, 1.807) is 7.11 Å². The van der Waals surface area contributed by atoms with Gasteiger partial charge in [-0.1, -0.05) is 25.3 Å². The van der Waals surface area contributed by atoms with E-state index < -0.39 is 5.54 Å². The standard InChI is InChI=1S/C21H30N4O2/c1-17(20(26)23-21(16-22)9-4-3-5-10-21)24-11-13-25(14-12-24)18-7-6-8-19(15-18)27-2/h6-8,15,17H,3-5,9-14H2,1-2H3,(H,23,26). The summed E-state index contributed by atoms with van der Waals surface area (Å²) in [6.07, 6.45) is 4.72. The third-order valence-electron chi connectivity index (χ3n) is 5.94. The Bertz CT molecular complexity index is 686. The molecule has 146 valence electrons. The minimum Gasteiger partial charge on any atom is -0.497 e. The second-order valence-corrected chi connectivity index (χ2v) is 7.64. The van der Waals surface area contributed by atoms with E-state index in [1.807, 2.05) is 25.1 Å². The molecule has 6 heteroatoms. The number of ether oxygens (including phenoxy) is 1. The summed E-state index contributed by atoms with van der Waals surface area (Å²) >= 11 is 0. The zero-order valence-corrected chi connectivity index (χ0v) is 16.4. The number of benzene rings is 1. The van der Waals surface area contributed by atoms with Crippen LogP contribution < -0.4 is 15.0 Å². The number of anilines is 1. The lowest BCUT2D eigenvalue weighted by molar-refractivity contribution is -0.127. The number of rotatable bonds is 5. The van der Waals surface area contributed by atoms with Crippen molar-refractivity contribution in [2.45, 2.75) is 50.6 Å². The number of nitrogens with zero attached hydrogens (tertiary/aromatic N) is 3. The van der Waals surface area contributed by atoms with Gasteiger partial charge in [-0.25, -0.2) is 0 Å². The van der Waals surface area contributed by atoms with E-state index in [1.165, 1.54) is 0 Å². The molecule has 1 aliphatic heterocycles. The van der Waals surface area contributed by atoms with Crippen LogP contribution >= 0.6 is 0 Å². The van der Waals surface area contributed by atoms with Gasteiger partial charge in [-0.15, -0.1) is 0 Å². The van der Waals surface area contributed by atoms with Crippen LogP contribution in [0.4, 0.5) is 5.69 Å². The molecule has 1 N–H and O–H groups in total. The predicted molar refractivity (Wildman–Crippen MR) is 106 cm³/mol. The lowest BCUT2D eigenvalue weighted by Gasteiger charge is -2.40. The molecule has 0 spiro atoms. The zero-order valence-electron chi connectivity index (χ0n) is 16.4. The van der Waals surface area contributed by atoms with Crippen molar-refractivity contribution in [2.24, 2.45) is 0 Å². The molecule has 1 aromatic rings. The van der Waals surface area contributed by atoms with Crippen molar-refractivity contribution in [1.29, 1.82) is 5.26 Å². The van der Waals surface area contributed by atoms with Gasteiger partial charge in [0.1, 0.15) is 11.3 Å². The second kappa shape index (κ2) is 8.62. The van der Waals surface area contributed by atoms with Crippen molar-refractivity contribution in [1.82, 2.24) is 10.2 Å². The Morgan fingerprint density at radius 1 is 1.22 bits per heavy atom. The monoisotopic (exact) mass is 370 g/mol. The number of amides is 1. The maximum absolute atomic E-state index is 12.8. The summed E-state index contributed by atoms with van der Waals surface area (Å²) in [5.74, 6) is 0.838. The maximum Gasteiger partial charge on any atom is 0.238 e. The summed E-state index contributed by atoms with van der Waals surface area (Å²) in [5, 5.41) is 12.7. The summed E-state index contributed by atoms with van der Waals surface area (Å²) in [5.41, 5.74) is 0.489. The Hall–Kier alpha value is -2.26. The fraction of sp³-hybridized carbons (Fsp3) is 0.619. The topological polar surface area (TPSA) is 68.6 Å². The first kappa shape index (κ1) is 19.5. The van der Waals surface area contributed by atoms with Crippen molar-refractivity contribution in [3.05, 3.63) is 24.3 Å². The van der Waals surface area contributed by atoms with Crippen molar-refractivity contribution in [3.8, 4) is 11.8 Å². The number of hydrogen-bond acceptors (Lipinski definition) is 5. The van der Waals surface area contributed by atoms with Gasteiger partial charge in [0.15, 0.2) is 0 Å². The molecule has 1 heterocycles. The molecule has 1 amide bonds. The Kier molecular flexibility index (Phi) is 6.22.